The van der Waals surface area contributed by atoms with Crippen LogP contribution in [-0.4, -0.2) is 59.5 Å². The van der Waals surface area contributed by atoms with Gasteiger partial charge in [0.15, 0.2) is 34.5 Å². The molecule has 13 aromatic rings. The topological polar surface area (TPSA) is 83.1 Å². The van der Waals surface area contributed by atoms with E-state index in [1.807, 2.05) is 0 Å². The van der Waals surface area contributed by atoms with Crippen molar-refractivity contribution in [2.75, 3.05) is 59.5 Å². The Morgan fingerprint density at radius 1 is 0.194 bits per heavy atom. The average molecular weight is 1320 g/mol. The van der Waals surface area contributed by atoms with Crippen molar-refractivity contribution in [3.63, 3.8) is 0 Å². The van der Waals surface area contributed by atoms with Crippen LogP contribution in [0.15, 0.2) is 36.4 Å². The first-order valence-corrected chi connectivity index (χ1v) is 37.2. The van der Waals surface area contributed by atoms with Gasteiger partial charge in [-0.1, -0.05) is 120 Å². The standard InChI is InChI=1S/C81H93Cl3O9/c1-10-19-28-85-73-58-49-37-46(43-82)38-50-55(49)64-70-65-56-51(59(67(58)70)74(86-29-20-11-2)79(73)91-34-25-16-7)39-47(44-83)40-52(56)61-69-63(78(90-33-24-15-6)81(93-36-27-18-9)76(61)88-31-22-13-4)54-42-48(45-84)41-53-57(54)66(72(65)69)71(64)68-60(50)75(87-30-21-12-3)80(92-35-26-17-8)77(62(53)68)89-32-23-14-5/h37-42H,10-36,43-45H2,1-9H3. The van der Waals surface area contributed by atoms with E-state index in [4.69, 9.17) is 77.4 Å². The third kappa shape index (κ3) is 10.7. The van der Waals surface area contributed by atoms with Gasteiger partial charge in [0.2, 0.25) is 17.2 Å². The van der Waals surface area contributed by atoms with E-state index in [2.05, 4.69) is 98.7 Å². The van der Waals surface area contributed by atoms with E-state index in [0.717, 1.165) is 262 Å². The van der Waals surface area contributed by atoms with E-state index < -0.39 is 0 Å². The molecular formula is C81H93Cl3O9. The fourth-order valence-electron chi connectivity index (χ4n) is 15.0. The molecule has 12 heteroatoms. The molecule has 93 heavy (non-hydrogen) atoms. The molecule has 0 heterocycles. The summed E-state index contributed by atoms with van der Waals surface area (Å²) in [4.78, 5) is 0. The van der Waals surface area contributed by atoms with Gasteiger partial charge in [-0.25, -0.2) is 0 Å². The Morgan fingerprint density at radius 2 is 0.333 bits per heavy atom. The Hall–Kier alpha value is -6.39. The van der Waals surface area contributed by atoms with Crippen LogP contribution in [0.2, 0.25) is 0 Å². The van der Waals surface area contributed by atoms with Crippen LogP contribution in [0.5, 0.6) is 51.7 Å². The number of hydrogen-bond acceptors (Lipinski definition) is 9. The van der Waals surface area contributed by atoms with Gasteiger partial charge in [0, 0.05) is 82.3 Å². The van der Waals surface area contributed by atoms with Crippen molar-refractivity contribution in [1.82, 2.24) is 0 Å². The van der Waals surface area contributed by atoms with Crippen LogP contribution in [0.1, 0.15) is 195 Å². The fraction of sp³-hybridized carbons (Fsp3) is 0.481. The normalized spacial score (nSPS) is 12.5. The van der Waals surface area contributed by atoms with E-state index in [1.54, 1.807) is 0 Å². The lowest BCUT2D eigenvalue weighted by molar-refractivity contribution is 0.241. The van der Waals surface area contributed by atoms with Crippen LogP contribution < -0.4 is 42.6 Å². The molecule has 0 atom stereocenters. The molecule has 0 radical (unpaired) electrons. The maximum Gasteiger partial charge on any atom is 0.204 e. The van der Waals surface area contributed by atoms with Crippen molar-refractivity contribution in [3.8, 4) is 51.7 Å². The van der Waals surface area contributed by atoms with Gasteiger partial charge in [0.25, 0.3) is 0 Å². The molecule has 0 N–H and O–H groups in total. The molecule has 0 aliphatic rings. The minimum absolute atomic E-state index is 0.263. The van der Waals surface area contributed by atoms with Crippen molar-refractivity contribution in [2.24, 2.45) is 0 Å². The average Bonchev–Trinajstić information content (AvgIpc) is 0.637. The van der Waals surface area contributed by atoms with Crippen molar-refractivity contribution in [3.05, 3.63) is 53.1 Å². The monoisotopic (exact) mass is 1310 g/mol. The molecule has 9 nitrogen and oxygen atoms in total. The first-order valence-electron chi connectivity index (χ1n) is 35.6. The van der Waals surface area contributed by atoms with Gasteiger partial charge >= 0.3 is 0 Å². The van der Waals surface area contributed by atoms with Gasteiger partial charge in [-0.3, -0.25) is 0 Å². The van der Waals surface area contributed by atoms with Gasteiger partial charge < -0.3 is 42.6 Å². The second-order valence-electron chi connectivity index (χ2n) is 26.0. The summed E-state index contributed by atoms with van der Waals surface area (Å²) in [6, 6.07) is 14.0. The second kappa shape index (κ2) is 28.5. The molecule has 0 bridgehead atoms. The Morgan fingerprint density at radius 3 is 0.484 bits per heavy atom. The lowest BCUT2D eigenvalue weighted by Crippen LogP contribution is -2.11. The van der Waals surface area contributed by atoms with Gasteiger partial charge in [0.05, 0.1) is 59.5 Å². The van der Waals surface area contributed by atoms with Crippen LogP contribution >= 0.6 is 34.8 Å². The first-order chi connectivity index (χ1) is 45.8. The highest BCUT2D eigenvalue weighted by Crippen LogP contribution is 2.68. The molecule has 0 aliphatic carbocycles. The van der Waals surface area contributed by atoms with Crippen LogP contribution in [0.4, 0.5) is 0 Å². The summed E-state index contributed by atoms with van der Waals surface area (Å²) in [7, 11) is 0. The summed E-state index contributed by atoms with van der Waals surface area (Å²) >= 11 is 22.1. The van der Waals surface area contributed by atoms with Crippen molar-refractivity contribution < 1.29 is 42.6 Å². The van der Waals surface area contributed by atoms with E-state index in [1.165, 1.54) is 0 Å². The predicted molar refractivity (Wildman–Crippen MR) is 396 cm³/mol. The molecule has 0 saturated heterocycles. The van der Waals surface area contributed by atoms with E-state index >= 15 is 0 Å². The van der Waals surface area contributed by atoms with E-state index in [-0.39, 0.29) is 17.6 Å². The smallest absolute Gasteiger partial charge is 0.204 e. The summed E-state index contributed by atoms with van der Waals surface area (Å²) in [6.45, 7) is 24.3. The van der Waals surface area contributed by atoms with Gasteiger partial charge in [-0.05, 0) is 176 Å². The zero-order chi connectivity index (χ0) is 64.6. The summed E-state index contributed by atoms with van der Waals surface area (Å²) in [6.07, 6.45) is 16.2. The third-order valence-electron chi connectivity index (χ3n) is 19.5. The molecule has 13 aromatic carbocycles. The van der Waals surface area contributed by atoms with Gasteiger partial charge in [-0.2, -0.15) is 0 Å². The lowest BCUT2D eigenvalue weighted by atomic mass is 9.72. The highest BCUT2D eigenvalue weighted by Gasteiger charge is 2.40. The maximum atomic E-state index is 7.49. The Labute approximate surface area is 563 Å². The highest BCUT2D eigenvalue weighted by atomic mass is 35.5. The molecule has 0 saturated carbocycles. The van der Waals surface area contributed by atoms with Crippen molar-refractivity contribution >= 4 is 164 Å². The first kappa shape index (κ1) is 65.3. The second-order valence-corrected chi connectivity index (χ2v) is 26.8. The lowest BCUT2D eigenvalue weighted by Gasteiger charge is -2.33. The Kier molecular flexibility index (Phi) is 20.0. The van der Waals surface area contributed by atoms with Crippen molar-refractivity contribution in [2.45, 2.75) is 196 Å². The third-order valence-corrected chi connectivity index (χ3v) is 20.4. The molecule has 0 aliphatic heterocycles. The Bertz CT molecular complexity index is 4010. The summed E-state index contributed by atoms with van der Waals surface area (Å²) < 4.78 is 67.0. The summed E-state index contributed by atoms with van der Waals surface area (Å²) in [5.74, 6) is 6.84. The Balaban J connectivity index is 1.46. The number of benzene rings is 13. The molecule has 0 spiro atoms. The van der Waals surface area contributed by atoms with Crippen LogP contribution in [-0.2, 0) is 17.6 Å². The van der Waals surface area contributed by atoms with Gasteiger partial charge in [-0.15, -0.1) is 34.8 Å². The largest absolute Gasteiger partial charge is 0.489 e. The van der Waals surface area contributed by atoms with Crippen LogP contribution in [0, 0.1) is 0 Å². The molecule has 0 fully saturated rings. The number of unbranched alkanes of at least 4 members (excludes halogenated alkanes) is 9. The SMILES string of the molecule is CCCCOc1c(OCCCC)c2c3cc(CCl)cc4c5c(OCCCC)c(OCCCC)c(OCCCC)c6c7cc(CCl)cc8c9c(OCCCC)c(OCCCC)c(OCCCC)c%10c%11cc(CCl)cc%12c(c1OCCCC)c2c1c(c34)c(c56)c(c78)c(c%109)c1c%12%11. The molecule has 0 unspecified atom stereocenters. The number of hydrogen-bond donors (Lipinski definition) is 0. The maximum absolute atomic E-state index is 7.49. The zero-order valence-corrected chi connectivity index (χ0v) is 58.8. The minimum atomic E-state index is 0.263. The number of ether oxygens (including phenoxy) is 9. The number of halogens is 3. The minimum Gasteiger partial charge on any atom is -0.489 e. The number of rotatable bonds is 39. The van der Waals surface area contributed by atoms with Crippen LogP contribution in [0.25, 0.3) is 129 Å². The number of alkyl halides is 3. The molecule has 0 aromatic heterocycles. The molecular weight excluding hydrogens is 1220 g/mol. The molecule has 492 valence electrons. The van der Waals surface area contributed by atoms with E-state index in [0.29, 0.717) is 111 Å². The number of fused-ring (bicyclic) bond motifs is 6. The summed E-state index contributed by atoms with van der Waals surface area (Å²) in [5, 5.41) is 25.5. The molecule has 0 amide bonds. The predicted octanol–water partition coefficient (Wildman–Crippen LogP) is 25.0. The zero-order valence-electron chi connectivity index (χ0n) is 56.5. The van der Waals surface area contributed by atoms with Crippen LogP contribution in [0.3, 0.4) is 0 Å². The van der Waals surface area contributed by atoms with Crippen molar-refractivity contribution in [1.29, 1.82) is 0 Å². The molecule has 13 rings (SSSR count). The summed E-state index contributed by atoms with van der Waals surface area (Å²) in [5.41, 5.74) is 2.91. The highest BCUT2D eigenvalue weighted by molar-refractivity contribution is 6.62. The quantitative estimate of drug-likeness (QED) is 0.0162. The fourth-order valence-corrected chi connectivity index (χ4v) is 15.5. The van der Waals surface area contributed by atoms with E-state index in [9.17, 15) is 0 Å². The van der Waals surface area contributed by atoms with Gasteiger partial charge in [0.1, 0.15) is 0 Å².